The van der Waals surface area contributed by atoms with E-state index in [1.54, 1.807) is 0 Å². The summed E-state index contributed by atoms with van der Waals surface area (Å²) in [6, 6.07) is 8.96. The van der Waals surface area contributed by atoms with Crippen LogP contribution in [0.2, 0.25) is 0 Å². The lowest BCUT2D eigenvalue weighted by molar-refractivity contribution is -0.145. The smallest absolute Gasteiger partial charge is 0.306 e. The first-order valence-electron chi connectivity index (χ1n) is 6.33. The van der Waals surface area contributed by atoms with Crippen molar-refractivity contribution in [3.63, 3.8) is 0 Å². The minimum Gasteiger partial charge on any atom is -0.481 e. The second-order valence-corrected chi connectivity index (χ2v) is 5.09. The number of carboxylic acid groups (broad SMARTS) is 1. The Hall–Kier alpha value is -1.51. The van der Waals surface area contributed by atoms with Gasteiger partial charge in [-0.25, -0.2) is 0 Å². The molecule has 17 heavy (non-hydrogen) atoms. The molecule has 1 N–H and O–H groups in total. The van der Waals surface area contributed by atoms with Crippen molar-refractivity contribution in [1.82, 2.24) is 0 Å². The van der Waals surface area contributed by atoms with E-state index in [4.69, 9.17) is 5.11 Å². The molecule has 3 nitrogen and oxygen atoms in total. The van der Waals surface area contributed by atoms with Crippen LogP contribution >= 0.6 is 0 Å². The summed E-state index contributed by atoms with van der Waals surface area (Å²) >= 11 is 0. The fraction of sp³-hybridized carbons (Fsp3) is 0.500. The van der Waals surface area contributed by atoms with Gasteiger partial charge < -0.3 is 10.0 Å². The zero-order chi connectivity index (χ0) is 11.8. The Morgan fingerprint density at radius 3 is 2.82 bits per heavy atom. The zero-order valence-corrected chi connectivity index (χ0v) is 9.80. The molecular weight excluding hydrogens is 214 g/mol. The molecule has 2 aliphatic rings. The molecule has 1 aromatic rings. The van der Waals surface area contributed by atoms with Crippen molar-refractivity contribution in [3.8, 4) is 0 Å². The largest absolute Gasteiger partial charge is 0.481 e. The van der Waals surface area contributed by atoms with Gasteiger partial charge in [-0.3, -0.25) is 4.79 Å². The van der Waals surface area contributed by atoms with Crippen LogP contribution in [0.5, 0.6) is 0 Å². The first kappa shape index (κ1) is 10.6. The number of hydrogen-bond donors (Lipinski definition) is 1. The van der Waals surface area contributed by atoms with E-state index < -0.39 is 5.97 Å². The Morgan fingerprint density at radius 1 is 1.29 bits per heavy atom. The Morgan fingerprint density at radius 2 is 2.06 bits per heavy atom. The molecule has 0 atom stereocenters. The van der Waals surface area contributed by atoms with Crippen LogP contribution in [-0.2, 0) is 11.2 Å². The highest BCUT2D eigenvalue weighted by Gasteiger charge is 2.39. The second-order valence-electron chi connectivity index (χ2n) is 5.09. The van der Waals surface area contributed by atoms with Crippen molar-refractivity contribution in [2.75, 3.05) is 11.4 Å². The van der Waals surface area contributed by atoms with Crippen molar-refractivity contribution in [2.45, 2.75) is 31.7 Å². The van der Waals surface area contributed by atoms with Crippen LogP contribution in [-0.4, -0.2) is 23.7 Å². The fourth-order valence-corrected chi connectivity index (χ4v) is 2.99. The third kappa shape index (κ3) is 1.79. The third-order valence-electron chi connectivity index (χ3n) is 4.05. The number of para-hydroxylation sites is 1. The highest BCUT2D eigenvalue weighted by molar-refractivity contribution is 5.72. The van der Waals surface area contributed by atoms with Gasteiger partial charge in [-0.15, -0.1) is 0 Å². The van der Waals surface area contributed by atoms with E-state index in [2.05, 4.69) is 29.2 Å². The highest BCUT2D eigenvalue weighted by Crippen LogP contribution is 2.38. The Kier molecular flexibility index (Phi) is 2.54. The van der Waals surface area contributed by atoms with E-state index in [0.29, 0.717) is 6.04 Å². The lowest BCUT2D eigenvalue weighted by Gasteiger charge is -2.45. The number of aryl methyl sites for hydroxylation is 1. The molecule has 90 valence electrons. The van der Waals surface area contributed by atoms with Crippen molar-refractivity contribution in [1.29, 1.82) is 0 Å². The molecular formula is C14H17NO2. The standard InChI is InChI=1S/C14H17NO2/c16-14(17)11-8-12(9-11)15-7-3-5-10-4-1-2-6-13(10)15/h1-2,4,6,11-12H,3,5,7-9H2,(H,16,17). The summed E-state index contributed by atoms with van der Waals surface area (Å²) in [4.78, 5) is 13.3. The summed E-state index contributed by atoms with van der Waals surface area (Å²) in [7, 11) is 0. The predicted molar refractivity (Wildman–Crippen MR) is 66.3 cm³/mol. The predicted octanol–water partition coefficient (Wildman–Crippen LogP) is 2.30. The summed E-state index contributed by atoms with van der Waals surface area (Å²) in [6.45, 7) is 1.08. The Labute approximate surface area is 101 Å². The quantitative estimate of drug-likeness (QED) is 0.849. The van der Waals surface area contributed by atoms with Crippen LogP contribution < -0.4 is 4.90 Å². The van der Waals surface area contributed by atoms with Crippen molar-refractivity contribution < 1.29 is 9.90 Å². The highest BCUT2D eigenvalue weighted by atomic mass is 16.4. The molecule has 1 heterocycles. The number of hydrogen-bond acceptors (Lipinski definition) is 2. The van der Waals surface area contributed by atoms with Crippen LogP contribution in [0.4, 0.5) is 5.69 Å². The molecule has 1 fully saturated rings. The van der Waals surface area contributed by atoms with E-state index in [9.17, 15) is 4.79 Å². The Bertz CT molecular complexity index is 438. The third-order valence-corrected chi connectivity index (χ3v) is 4.05. The topological polar surface area (TPSA) is 40.5 Å². The van der Waals surface area contributed by atoms with Gasteiger partial charge in [0.15, 0.2) is 0 Å². The zero-order valence-electron chi connectivity index (χ0n) is 9.80. The summed E-state index contributed by atoms with van der Waals surface area (Å²) in [5.41, 5.74) is 2.74. The number of rotatable bonds is 2. The van der Waals surface area contributed by atoms with Gasteiger partial charge >= 0.3 is 5.97 Å². The number of anilines is 1. The van der Waals surface area contributed by atoms with Gasteiger partial charge in [-0.2, -0.15) is 0 Å². The van der Waals surface area contributed by atoms with E-state index in [0.717, 1.165) is 25.8 Å². The lowest BCUT2D eigenvalue weighted by atomic mass is 9.78. The number of benzene rings is 1. The van der Waals surface area contributed by atoms with Gasteiger partial charge in [0.05, 0.1) is 5.92 Å². The molecule has 0 bridgehead atoms. The number of carbonyl (C=O) groups is 1. The average molecular weight is 231 g/mol. The van der Waals surface area contributed by atoms with Gasteiger partial charge in [0.25, 0.3) is 0 Å². The summed E-state index contributed by atoms with van der Waals surface area (Å²) in [6.07, 6.45) is 3.96. The molecule has 1 saturated carbocycles. The van der Waals surface area contributed by atoms with Crippen molar-refractivity contribution in [2.24, 2.45) is 5.92 Å². The van der Waals surface area contributed by atoms with E-state index >= 15 is 0 Å². The maximum absolute atomic E-state index is 10.8. The van der Waals surface area contributed by atoms with E-state index in [-0.39, 0.29) is 5.92 Å². The van der Waals surface area contributed by atoms with Gasteiger partial charge in [-0.1, -0.05) is 18.2 Å². The summed E-state index contributed by atoms with van der Waals surface area (Å²) < 4.78 is 0. The molecule has 3 rings (SSSR count). The van der Waals surface area contributed by atoms with Crippen LogP contribution in [0, 0.1) is 5.92 Å². The molecule has 0 amide bonds. The lowest BCUT2D eigenvalue weighted by Crippen LogP contribution is -2.49. The molecule has 0 spiro atoms. The first-order valence-corrected chi connectivity index (χ1v) is 6.33. The van der Waals surface area contributed by atoms with E-state index in [1.807, 2.05) is 0 Å². The maximum Gasteiger partial charge on any atom is 0.306 e. The molecule has 3 heteroatoms. The minimum absolute atomic E-state index is 0.117. The number of carboxylic acids is 1. The SMILES string of the molecule is O=C(O)C1CC(N2CCCc3ccccc32)C1. The molecule has 1 aliphatic heterocycles. The number of aliphatic carboxylic acids is 1. The normalized spacial score (nSPS) is 27.2. The number of fused-ring (bicyclic) bond motifs is 1. The van der Waals surface area contributed by atoms with Crippen molar-refractivity contribution in [3.05, 3.63) is 29.8 Å². The molecule has 0 aromatic heterocycles. The minimum atomic E-state index is -0.633. The van der Waals surface area contributed by atoms with Crippen LogP contribution in [0.1, 0.15) is 24.8 Å². The molecule has 0 unspecified atom stereocenters. The number of nitrogens with zero attached hydrogens (tertiary/aromatic N) is 1. The molecule has 1 aliphatic carbocycles. The van der Waals surface area contributed by atoms with Gasteiger partial charge in [0.2, 0.25) is 0 Å². The molecule has 1 aromatic carbocycles. The summed E-state index contributed by atoms with van der Waals surface area (Å²) in [5.74, 6) is -0.749. The van der Waals surface area contributed by atoms with Gasteiger partial charge in [0.1, 0.15) is 0 Å². The fourth-order valence-electron chi connectivity index (χ4n) is 2.99. The van der Waals surface area contributed by atoms with E-state index in [1.165, 1.54) is 17.7 Å². The van der Waals surface area contributed by atoms with Crippen LogP contribution in [0.15, 0.2) is 24.3 Å². The van der Waals surface area contributed by atoms with Gasteiger partial charge in [-0.05, 0) is 37.3 Å². The molecule has 0 radical (unpaired) electrons. The monoisotopic (exact) mass is 231 g/mol. The Balaban J connectivity index is 1.76. The molecule has 0 saturated heterocycles. The summed E-state index contributed by atoms with van der Waals surface area (Å²) in [5, 5.41) is 8.93. The van der Waals surface area contributed by atoms with Crippen LogP contribution in [0.25, 0.3) is 0 Å². The van der Waals surface area contributed by atoms with Crippen molar-refractivity contribution >= 4 is 11.7 Å². The average Bonchev–Trinajstić information content (AvgIpc) is 2.27. The maximum atomic E-state index is 10.8. The van der Waals surface area contributed by atoms with Crippen LogP contribution in [0.3, 0.4) is 0 Å². The van der Waals surface area contributed by atoms with Gasteiger partial charge in [0, 0.05) is 18.3 Å². The first-order chi connectivity index (χ1) is 8.25. The second kappa shape index (κ2) is 4.06.